The molecule has 0 bridgehead atoms. The van der Waals surface area contributed by atoms with E-state index in [1.807, 2.05) is 6.66 Å². The highest BCUT2D eigenvalue weighted by Crippen LogP contribution is 2.14. The predicted molar refractivity (Wildman–Crippen MR) is 80.0 cm³/mol. The molecule has 1 aliphatic rings. The lowest BCUT2D eigenvalue weighted by Crippen LogP contribution is -2.43. The molecule has 100 valence electrons. The highest BCUT2D eigenvalue weighted by atomic mass is 31.1. The van der Waals surface area contributed by atoms with Crippen molar-refractivity contribution in [2.75, 3.05) is 6.66 Å². The van der Waals surface area contributed by atoms with Gasteiger partial charge in [-0.2, -0.15) is 0 Å². The van der Waals surface area contributed by atoms with Crippen LogP contribution < -0.4 is 0 Å². The third-order valence-electron chi connectivity index (χ3n) is 2.71. The fraction of sp³-hybridized carbons (Fsp3) is 0.333. The number of rotatable bonds is 1. The summed E-state index contributed by atoms with van der Waals surface area (Å²) in [7, 11) is 0.480. The topological polar surface area (TPSA) is 37.4 Å². The Bertz CT molecular complexity index is 498. The molecule has 0 saturated carbocycles. The molecule has 0 aromatic heterocycles. The summed E-state index contributed by atoms with van der Waals surface area (Å²) in [6, 6.07) is -0.419. The summed E-state index contributed by atoms with van der Waals surface area (Å²) in [5.41, 5.74) is 4.00. The standard InChI is InChI=1S/C15H18NO2P/c1-11-7-5-6-8-12(2)15(18)16(14(11)17)13(3)9-10-19-4/h5-8,13,19H,1-4H3/b6-5-,11-7+,12-8+. The minimum Gasteiger partial charge on any atom is -0.269 e. The van der Waals surface area contributed by atoms with Crippen molar-refractivity contribution in [1.29, 1.82) is 0 Å². The van der Waals surface area contributed by atoms with E-state index in [2.05, 4.69) is 11.6 Å². The van der Waals surface area contributed by atoms with Crippen molar-refractivity contribution < 1.29 is 9.59 Å². The molecule has 2 amide bonds. The first-order valence-electron chi connectivity index (χ1n) is 6.06. The van der Waals surface area contributed by atoms with E-state index in [1.54, 1.807) is 45.1 Å². The third-order valence-corrected chi connectivity index (χ3v) is 3.10. The van der Waals surface area contributed by atoms with Gasteiger partial charge in [-0.1, -0.05) is 35.9 Å². The van der Waals surface area contributed by atoms with Gasteiger partial charge in [0.2, 0.25) is 0 Å². The average molecular weight is 275 g/mol. The van der Waals surface area contributed by atoms with E-state index >= 15 is 0 Å². The molecule has 3 nitrogen and oxygen atoms in total. The summed E-state index contributed by atoms with van der Waals surface area (Å²) in [4.78, 5) is 25.9. The average Bonchev–Trinajstić information content (AvgIpc) is 2.43. The van der Waals surface area contributed by atoms with E-state index in [1.165, 1.54) is 4.90 Å². The molecule has 0 spiro atoms. The lowest BCUT2D eigenvalue weighted by molar-refractivity contribution is -0.141. The van der Waals surface area contributed by atoms with Gasteiger partial charge in [-0.05, 0) is 36.0 Å². The molecule has 19 heavy (non-hydrogen) atoms. The van der Waals surface area contributed by atoms with Crippen molar-refractivity contribution in [3.8, 4) is 11.6 Å². The summed E-state index contributed by atoms with van der Waals surface area (Å²) in [6.07, 6.45) is 6.94. The molecule has 2 atom stereocenters. The van der Waals surface area contributed by atoms with Crippen LogP contribution in [0.2, 0.25) is 0 Å². The minimum atomic E-state index is -0.419. The molecule has 1 rings (SSSR count). The number of imide groups is 1. The Labute approximate surface area is 116 Å². The molecule has 1 heterocycles. The van der Waals surface area contributed by atoms with Gasteiger partial charge in [0.15, 0.2) is 0 Å². The molecule has 0 aliphatic carbocycles. The molecular formula is C15H18NO2P. The van der Waals surface area contributed by atoms with Gasteiger partial charge in [-0.3, -0.25) is 14.5 Å². The van der Waals surface area contributed by atoms with Crippen molar-refractivity contribution in [2.45, 2.75) is 26.8 Å². The van der Waals surface area contributed by atoms with Gasteiger partial charge in [-0.25, -0.2) is 0 Å². The Hall–Kier alpha value is -1.65. The quantitative estimate of drug-likeness (QED) is 0.419. The van der Waals surface area contributed by atoms with E-state index in [9.17, 15) is 9.59 Å². The van der Waals surface area contributed by atoms with Gasteiger partial charge in [0.05, 0.1) is 6.04 Å². The first-order valence-corrected chi connectivity index (χ1v) is 7.56. The van der Waals surface area contributed by atoms with Crippen molar-refractivity contribution >= 4 is 20.4 Å². The number of allylic oxidation sites excluding steroid dienone is 4. The van der Waals surface area contributed by atoms with Crippen molar-refractivity contribution in [1.82, 2.24) is 4.90 Å². The zero-order chi connectivity index (χ0) is 14.4. The first kappa shape index (κ1) is 15.4. The normalized spacial score (nSPS) is 25.4. The number of hydrogen-bond donors (Lipinski definition) is 0. The highest BCUT2D eigenvalue weighted by molar-refractivity contribution is 7.43. The molecule has 0 fully saturated rings. The lowest BCUT2D eigenvalue weighted by atomic mass is 10.1. The van der Waals surface area contributed by atoms with Gasteiger partial charge in [0, 0.05) is 11.1 Å². The van der Waals surface area contributed by atoms with E-state index < -0.39 is 6.04 Å². The summed E-state index contributed by atoms with van der Waals surface area (Å²) >= 11 is 0. The zero-order valence-electron chi connectivity index (χ0n) is 11.7. The summed E-state index contributed by atoms with van der Waals surface area (Å²) in [5, 5.41) is 0. The molecule has 4 heteroatoms. The van der Waals surface area contributed by atoms with Crippen LogP contribution >= 0.6 is 8.58 Å². The van der Waals surface area contributed by atoms with Crippen LogP contribution in [0, 0.1) is 11.6 Å². The fourth-order valence-electron chi connectivity index (χ4n) is 1.61. The molecule has 2 unspecified atom stereocenters. The van der Waals surface area contributed by atoms with Crippen molar-refractivity contribution in [3.63, 3.8) is 0 Å². The summed E-state index contributed by atoms with van der Waals surface area (Å²) in [6.45, 7) is 7.14. The lowest BCUT2D eigenvalue weighted by Gasteiger charge is -2.24. The SMILES string of the molecule is CPC#CC(C)N1C(=O)/C(C)=C/C=C\C=C(/C)C1=O. The van der Waals surface area contributed by atoms with Crippen LogP contribution in [-0.2, 0) is 9.59 Å². The van der Waals surface area contributed by atoms with Crippen molar-refractivity contribution in [3.05, 3.63) is 35.5 Å². The second kappa shape index (κ2) is 7.07. The smallest absolute Gasteiger partial charge is 0.257 e. The Kier molecular flexibility index (Phi) is 5.73. The maximum absolute atomic E-state index is 12.3. The molecule has 0 N–H and O–H groups in total. The van der Waals surface area contributed by atoms with E-state index in [4.69, 9.17) is 0 Å². The van der Waals surface area contributed by atoms with Crippen LogP contribution in [0.25, 0.3) is 0 Å². The van der Waals surface area contributed by atoms with Crippen LogP contribution in [0.3, 0.4) is 0 Å². The maximum Gasteiger partial charge on any atom is 0.257 e. The largest absolute Gasteiger partial charge is 0.269 e. The highest BCUT2D eigenvalue weighted by Gasteiger charge is 2.27. The van der Waals surface area contributed by atoms with Gasteiger partial charge >= 0.3 is 0 Å². The van der Waals surface area contributed by atoms with Crippen molar-refractivity contribution in [2.24, 2.45) is 0 Å². The zero-order valence-corrected chi connectivity index (χ0v) is 12.7. The number of carbonyl (C=O) groups is 2. The number of carbonyl (C=O) groups excluding carboxylic acids is 2. The second-order valence-corrected chi connectivity index (χ2v) is 5.01. The maximum atomic E-state index is 12.3. The van der Waals surface area contributed by atoms with Crippen LogP contribution in [0.15, 0.2) is 35.5 Å². The molecule has 0 aromatic carbocycles. The Morgan fingerprint density at radius 3 is 2.00 bits per heavy atom. The Morgan fingerprint density at radius 2 is 1.58 bits per heavy atom. The van der Waals surface area contributed by atoms with Crippen LogP contribution in [0.5, 0.6) is 0 Å². The van der Waals surface area contributed by atoms with E-state index in [0.717, 1.165) is 0 Å². The molecule has 0 aromatic rings. The third kappa shape index (κ3) is 3.91. The van der Waals surface area contributed by atoms with Gasteiger partial charge in [-0.15, -0.1) is 0 Å². The Morgan fingerprint density at radius 1 is 1.11 bits per heavy atom. The summed E-state index contributed by atoms with van der Waals surface area (Å²) < 4.78 is 0. The predicted octanol–water partition coefficient (Wildman–Crippen LogP) is 2.46. The van der Waals surface area contributed by atoms with Gasteiger partial charge in [0.25, 0.3) is 11.8 Å². The van der Waals surface area contributed by atoms with E-state index in [0.29, 0.717) is 19.7 Å². The number of amides is 2. The second-order valence-electron chi connectivity index (χ2n) is 4.26. The monoisotopic (exact) mass is 275 g/mol. The van der Waals surface area contributed by atoms with Gasteiger partial charge < -0.3 is 0 Å². The van der Waals surface area contributed by atoms with Crippen LogP contribution in [-0.4, -0.2) is 29.4 Å². The molecule has 0 saturated heterocycles. The van der Waals surface area contributed by atoms with Gasteiger partial charge in [0.1, 0.15) is 0 Å². The fourth-order valence-corrected chi connectivity index (χ4v) is 1.96. The van der Waals surface area contributed by atoms with Crippen LogP contribution in [0.1, 0.15) is 20.8 Å². The summed E-state index contributed by atoms with van der Waals surface area (Å²) in [5.74, 6) is 2.37. The van der Waals surface area contributed by atoms with E-state index in [-0.39, 0.29) is 11.8 Å². The minimum absolute atomic E-state index is 0.287. The number of hydrogen-bond acceptors (Lipinski definition) is 2. The molecular weight excluding hydrogens is 257 g/mol. The van der Waals surface area contributed by atoms with Crippen LogP contribution in [0.4, 0.5) is 0 Å². The number of nitrogens with zero attached hydrogens (tertiary/aromatic N) is 1. The first-order chi connectivity index (χ1) is 8.99. The Balaban J connectivity index is 3.23. The molecule has 1 aliphatic heterocycles. The molecule has 0 radical (unpaired) electrons.